The molecule has 0 spiro atoms. The van der Waals surface area contributed by atoms with Gasteiger partial charge in [-0.25, -0.2) is 31.9 Å². The molecule has 2 aliphatic carbocycles. The van der Waals surface area contributed by atoms with Crippen molar-refractivity contribution in [3.05, 3.63) is 139 Å². The summed E-state index contributed by atoms with van der Waals surface area (Å²) in [5.74, 6) is -8.65. The zero-order valence-corrected chi connectivity index (χ0v) is 69.9. The average molecular weight is 1770 g/mol. The first kappa shape index (κ1) is 91.4. The number of nitrogens with zero attached hydrogens (tertiary/aromatic N) is 4. The van der Waals surface area contributed by atoms with E-state index in [9.17, 15) is 75.3 Å². The molecule has 6 aromatic rings. The minimum absolute atomic E-state index is 0.0313. The number of alkyl halides is 2. The number of hydrogen-bond acceptors (Lipinski definition) is 21. The van der Waals surface area contributed by atoms with Gasteiger partial charge in [-0.2, -0.15) is 0 Å². The van der Waals surface area contributed by atoms with E-state index in [0.29, 0.717) is 54.0 Å². The number of aromatic nitrogens is 2. The van der Waals surface area contributed by atoms with Gasteiger partial charge in [0.1, 0.15) is 36.6 Å². The number of aliphatic hydroxyl groups is 2. The van der Waals surface area contributed by atoms with Gasteiger partial charge in [0.2, 0.25) is 35.4 Å². The molecule has 4 heterocycles. The third kappa shape index (κ3) is 25.3. The summed E-state index contributed by atoms with van der Waals surface area (Å²) >= 11 is 4.91. The molecule has 2 saturated carbocycles. The van der Waals surface area contributed by atoms with Gasteiger partial charge in [0, 0.05) is 67.9 Å². The van der Waals surface area contributed by atoms with Gasteiger partial charge in [-0.05, 0) is 139 Å². The number of carbonyl (C=O) groups excluding carboxylic acids is 9. The van der Waals surface area contributed by atoms with E-state index in [1.165, 1.54) is 44.6 Å². The first-order valence-electron chi connectivity index (χ1n) is 38.5. The van der Waals surface area contributed by atoms with E-state index in [1.807, 2.05) is 72.8 Å². The fourth-order valence-corrected chi connectivity index (χ4v) is 15.2. The van der Waals surface area contributed by atoms with Gasteiger partial charge in [-0.3, -0.25) is 43.2 Å². The highest BCUT2D eigenvalue weighted by molar-refractivity contribution is 14.1. The zero-order chi connectivity index (χ0) is 84.4. The Morgan fingerprint density at radius 2 is 1.05 bits per heavy atom. The van der Waals surface area contributed by atoms with E-state index >= 15 is 0 Å². The van der Waals surface area contributed by atoms with Gasteiger partial charge in [-0.15, -0.1) is 22.7 Å². The lowest BCUT2D eigenvalue weighted by Gasteiger charge is -2.36. The number of halogens is 6. The zero-order valence-electron chi connectivity index (χ0n) is 66.1. The number of nitrogens with two attached hydrogens (primary N) is 1. The van der Waals surface area contributed by atoms with Crippen LogP contribution < -0.4 is 48.3 Å². The van der Waals surface area contributed by atoms with Crippen LogP contribution in [0.4, 0.5) is 33.3 Å². The molecule has 0 bridgehead atoms. The lowest BCUT2D eigenvalue weighted by Crippen LogP contribution is -2.59. The van der Waals surface area contributed by atoms with Gasteiger partial charge in [0.25, 0.3) is 11.8 Å². The van der Waals surface area contributed by atoms with Gasteiger partial charge in [0.05, 0.1) is 107 Å². The SMILES string of the molecule is Cc1ncsc1-c1ccc([C@H](CC(=O)NCCOCCN)NC(=O)[C@@H]2C[C@@H](O)CN2C(=O)C(NC(=O)C2(F)CC2)C(C)(C)C)cc1.Cc1ncsc1-c1ccc([C@H](CC(=O)NCCOCCNCCCOCC(=O)c2ccc(F)c(F)c2Nc2ccc(I)cc2F)NC(=O)[C@@H]2C[C@@H](O)CN2C(=O)C(NC(=O)C2(F)CC2)C(C)(C)C)cc1. The normalized spacial score (nSPS) is 18.3. The summed E-state index contributed by atoms with van der Waals surface area (Å²) in [7, 11) is 0. The number of likely N-dealkylation sites (tertiary alicyclic amines) is 2. The molecular weight excluding hydrogens is 1660 g/mol. The first-order chi connectivity index (χ1) is 55.0. The number of anilines is 2. The van der Waals surface area contributed by atoms with Crippen molar-refractivity contribution in [2.24, 2.45) is 16.6 Å². The molecule has 4 aliphatic rings. The number of ether oxygens (including phenoxy) is 3. The highest BCUT2D eigenvalue weighted by atomic mass is 127. The standard InChI is InChI=1S/C49H58F4IN7O8S.C32H45FN6O6S/c1-28-43(70-27-57-28)30-8-6-29(7-9-30)37(59-45(65)38-23-32(62)25-61(38)46(66)44(48(2,3)4)60-47(67)49(53)14-15-49)24-40(64)56-18-21-68-20-17-55-16-5-19-69-26-39(63)33-11-12-34(50)41(52)42(33)58-36-13-10-31(54)22-35(36)51;1-19-26(46-18-36-19)21-7-5-20(6-8-21)23(16-25(41)35-12-14-45-13-11-34)37-28(42)24-15-22(40)17-39(24)29(43)27(31(2,3)4)38-30(44)32(33)9-10-32/h6-13,22,27,32,37-38,44,55,58,62H,5,14-21,23-26H2,1-4H3,(H,56,64)(H,59,65)(H,60,67);5-8,18,22-24,27,40H,9-17,34H2,1-4H3,(H,35,41)(H,37,42)(H,38,44)/t32-,37+,38+,44?;22-,23+,24+,27?/m11/s1. The minimum atomic E-state index is -2.03. The fraction of sp³-hybridized carbons (Fsp3) is 0.519. The maximum atomic E-state index is 14.7. The predicted molar refractivity (Wildman–Crippen MR) is 435 cm³/mol. The number of ketones is 1. The number of hydrogen-bond donors (Lipinski definition) is 11. The van der Waals surface area contributed by atoms with Gasteiger partial charge in [0.15, 0.2) is 28.8 Å². The van der Waals surface area contributed by atoms with Crippen LogP contribution >= 0.6 is 45.3 Å². The second kappa shape index (κ2) is 41.2. The first-order valence-corrected chi connectivity index (χ1v) is 41.3. The maximum Gasteiger partial charge on any atom is 0.258 e. The molecule has 0 radical (unpaired) electrons. The summed E-state index contributed by atoms with van der Waals surface area (Å²) in [5.41, 5.74) is 7.37. The fourth-order valence-electron chi connectivity index (χ4n) is 13.1. The van der Waals surface area contributed by atoms with Crippen LogP contribution in [-0.4, -0.2) is 216 Å². The Balaban J connectivity index is 0.000000289. The van der Waals surface area contributed by atoms with Crippen LogP contribution in [0.2, 0.25) is 0 Å². The predicted octanol–water partition coefficient (Wildman–Crippen LogP) is 8.19. The molecule has 27 nitrogen and oxygen atoms in total. The van der Waals surface area contributed by atoms with Crippen molar-refractivity contribution in [2.45, 2.75) is 173 Å². The number of rotatable bonds is 38. The number of Topliss-reactive ketones (excluding diaryl/α,β-unsaturated/α-hetero) is 1. The molecule has 35 heteroatoms. The lowest BCUT2D eigenvalue weighted by atomic mass is 9.85. The highest BCUT2D eigenvalue weighted by Crippen LogP contribution is 2.42. The number of β-amino-alcohol motifs (C(OH)–C–C–N with tert-alkyl or cyclic N) is 2. The molecule has 4 fully saturated rings. The van der Waals surface area contributed by atoms with E-state index in [1.54, 1.807) is 70.8 Å². The van der Waals surface area contributed by atoms with Crippen molar-refractivity contribution >= 4 is 110 Å². The third-order valence-electron chi connectivity index (χ3n) is 20.0. The number of amides is 8. The Morgan fingerprint density at radius 1 is 0.595 bits per heavy atom. The van der Waals surface area contributed by atoms with E-state index < -0.39 is 142 Å². The largest absolute Gasteiger partial charge is 0.391 e. The van der Waals surface area contributed by atoms with E-state index in [-0.39, 0.29) is 120 Å². The van der Waals surface area contributed by atoms with E-state index in [2.05, 4.69) is 52.5 Å². The van der Waals surface area contributed by atoms with Crippen LogP contribution in [0.25, 0.3) is 20.9 Å². The second-order valence-corrected chi connectivity index (χ2v) is 34.4. The molecule has 4 aromatic carbocycles. The molecule has 116 heavy (non-hydrogen) atoms. The summed E-state index contributed by atoms with van der Waals surface area (Å²) in [5, 5.41) is 43.6. The number of nitrogens with one attached hydrogen (secondary N) is 8. The summed E-state index contributed by atoms with van der Waals surface area (Å²) in [6, 6.07) is 14.8. The number of aliphatic hydroxyl groups excluding tert-OH is 2. The molecule has 2 aliphatic heterocycles. The van der Waals surface area contributed by atoms with Gasteiger partial charge < -0.3 is 82.5 Å². The topological polar surface area (TPSA) is 376 Å². The Bertz CT molecular complexity index is 4430. The molecule has 8 atom stereocenters. The second-order valence-electron chi connectivity index (χ2n) is 31.4. The smallest absolute Gasteiger partial charge is 0.258 e. The lowest BCUT2D eigenvalue weighted by molar-refractivity contribution is -0.145. The Morgan fingerprint density at radius 3 is 1.47 bits per heavy atom. The van der Waals surface area contributed by atoms with Crippen molar-refractivity contribution in [3.63, 3.8) is 0 Å². The monoisotopic (exact) mass is 1770 g/mol. The molecule has 2 saturated heterocycles. The minimum Gasteiger partial charge on any atom is -0.391 e. The highest BCUT2D eigenvalue weighted by Gasteiger charge is 2.55. The molecular formula is C81H103F5IN13O14S2. The number of benzene rings is 4. The van der Waals surface area contributed by atoms with Crippen molar-refractivity contribution in [1.82, 2.24) is 57.0 Å². The summed E-state index contributed by atoms with van der Waals surface area (Å²) < 4.78 is 89.6. The van der Waals surface area contributed by atoms with Crippen molar-refractivity contribution in [2.75, 3.05) is 90.8 Å². The van der Waals surface area contributed by atoms with E-state index in [0.717, 1.165) is 44.4 Å². The van der Waals surface area contributed by atoms with Crippen LogP contribution in [0.3, 0.4) is 0 Å². The van der Waals surface area contributed by atoms with Crippen molar-refractivity contribution in [3.8, 4) is 20.9 Å². The number of carbonyl (C=O) groups is 9. The molecule has 630 valence electrons. The third-order valence-corrected chi connectivity index (χ3v) is 22.7. The summed E-state index contributed by atoms with van der Waals surface area (Å²) in [6.45, 7) is 16.6. The Kier molecular flexibility index (Phi) is 32.5. The maximum absolute atomic E-state index is 14.7. The quantitative estimate of drug-likeness (QED) is 0.00752. The molecule has 2 unspecified atom stereocenters. The number of thiazole rings is 2. The Labute approximate surface area is 692 Å². The average Bonchev–Trinajstić information content (AvgIpc) is 1.40. The molecule has 10 rings (SSSR count). The van der Waals surface area contributed by atoms with Crippen LogP contribution in [0, 0.1) is 45.7 Å². The molecule has 12 N–H and O–H groups in total. The van der Waals surface area contributed by atoms with Crippen LogP contribution in [-0.2, 0) is 52.6 Å². The van der Waals surface area contributed by atoms with Gasteiger partial charge >= 0.3 is 0 Å². The number of aryl methyl sites for hydroxylation is 2. The van der Waals surface area contributed by atoms with Crippen molar-refractivity contribution in [1.29, 1.82) is 0 Å². The summed E-state index contributed by atoms with van der Waals surface area (Å²) in [6.07, 6.45) is -1.58. The summed E-state index contributed by atoms with van der Waals surface area (Å²) in [4.78, 5) is 133. The molecule has 2 aromatic heterocycles. The van der Waals surface area contributed by atoms with Crippen LogP contribution in [0.5, 0.6) is 0 Å². The van der Waals surface area contributed by atoms with Crippen molar-refractivity contribution < 1.29 is 89.5 Å². The van der Waals surface area contributed by atoms with Crippen LogP contribution in [0.1, 0.15) is 144 Å². The van der Waals surface area contributed by atoms with Gasteiger partial charge in [-0.1, -0.05) is 90.1 Å². The van der Waals surface area contributed by atoms with Crippen LogP contribution in [0.15, 0.2) is 89.9 Å². The molecule has 8 amide bonds. The van der Waals surface area contributed by atoms with E-state index in [4.69, 9.17) is 19.9 Å². The Hall–Kier alpha value is -8.53.